The first-order valence-electron chi connectivity index (χ1n) is 11.9. The van der Waals surface area contributed by atoms with Crippen molar-refractivity contribution in [1.29, 1.82) is 0 Å². The molecule has 2 N–H and O–H groups in total. The number of fused-ring (bicyclic) bond motifs is 1. The zero-order valence-corrected chi connectivity index (χ0v) is 22.6. The Kier molecular flexibility index (Phi) is 9.50. The van der Waals surface area contributed by atoms with Crippen molar-refractivity contribution in [3.63, 3.8) is 0 Å². The average Bonchev–Trinajstić information content (AvgIpc) is 3.27. The molecule has 2 aromatic carbocycles. The van der Waals surface area contributed by atoms with Crippen LogP contribution < -0.4 is 10.1 Å². The number of piperazine rings is 1. The fourth-order valence-corrected chi connectivity index (χ4v) is 6.36. The molecular formula is C26H30ClN3O4S2. The lowest BCUT2D eigenvalue weighted by atomic mass is 10.0. The summed E-state index contributed by atoms with van der Waals surface area (Å²) < 4.78 is 6.05. The molecule has 0 unspecified atom stereocenters. The van der Waals surface area contributed by atoms with Gasteiger partial charge in [-0.15, -0.1) is 11.3 Å². The Morgan fingerprint density at radius 3 is 2.56 bits per heavy atom. The molecule has 0 bridgehead atoms. The second-order valence-electron chi connectivity index (χ2n) is 8.64. The first-order chi connectivity index (χ1) is 17.4. The Balaban J connectivity index is 1.18. The second-order valence-corrected chi connectivity index (χ2v) is 11.5. The largest absolute Gasteiger partial charge is 0.507 e. The summed E-state index contributed by atoms with van der Waals surface area (Å²) in [6.45, 7) is 7.66. The summed E-state index contributed by atoms with van der Waals surface area (Å²) >= 11 is 9.58. The number of hydrogen-bond acceptors (Lipinski definition) is 8. The molecule has 10 heteroatoms. The average molecular weight is 548 g/mol. The van der Waals surface area contributed by atoms with Crippen LogP contribution in [0.25, 0.3) is 10.8 Å². The van der Waals surface area contributed by atoms with E-state index in [4.69, 9.17) is 16.3 Å². The van der Waals surface area contributed by atoms with E-state index in [0.29, 0.717) is 23.1 Å². The van der Waals surface area contributed by atoms with Gasteiger partial charge in [0, 0.05) is 74.5 Å². The molecule has 192 valence electrons. The van der Waals surface area contributed by atoms with Gasteiger partial charge in [0.05, 0.1) is 9.90 Å². The zero-order chi connectivity index (χ0) is 25.5. The molecule has 4 rings (SSSR count). The van der Waals surface area contributed by atoms with Crippen LogP contribution >= 0.6 is 34.7 Å². The maximum atomic E-state index is 12.7. The van der Waals surface area contributed by atoms with Gasteiger partial charge in [0.2, 0.25) is 0 Å². The van der Waals surface area contributed by atoms with Gasteiger partial charge < -0.3 is 15.2 Å². The molecule has 1 aliphatic heterocycles. The number of esters is 1. The Morgan fingerprint density at radius 2 is 1.86 bits per heavy atom. The van der Waals surface area contributed by atoms with Crippen molar-refractivity contribution < 1.29 is 19.4 Å². The van der Waals surface area contributed by atoms with Gasteiger partial charge in [0.1, 0.15) is 11.5 Å². The topological polar surface area (TPSA) is 82.1 Å². The van der Waals surface area contributed by atoms with Gasteiger partial charge >= 0.3 is 5.97 Å². The smallest absolute Gasteiger partial charge is 0.308 e. The number of aromatic hydroxyl groups is 1. The standard InChI is InChI=1S/C26H30ClN3O4S2/c1-18(31)34-24-4-2-3-19-15-22(23(32)16-21(19)24)26(33)28-7-8-29-9-11-30(12-10-29)13-14-35-17-20-5-6-25(27)36-20/h2-6,15-16,32H,7-14,17H2,1H3,(H,28,33). The number of thioether (sulfide) groups is 1. The number of carbonyl (C=O) groups is 2. The molecule has 0 spiro atoms. The van der Waals surface area contributed by atoms with Gasteiger partial charge in [0.25, 0.3) is 5.91 Å². The normalized spacial score (nSPS) is 14.7. The first kappa shape index (κ1) is 26.8. The van der Waals surface area contributed by atoms with E-state index in [1.807, 2.05) is 23.9 Å². The van der Waals surface area contributed by atoms with Crippen molar-refractivity contribution in [2.75, 3.05) is 51.6 Å². The summed E-state index contributed by atoms with van der Waals surface area (Å²) in [6, 6.07) is 12.4. The Bertz CT molecular complexity index is 1210. The molecule has 0 radical (unpaired) electrons. The molecule has 2 heterocycles. The quantitative estimate of drug-likeness (QED) is 0.220. The van der Waals surface area contributed by atoms with Crippen LogP contribution in [0.3, 0.4) is 0 Å². The number of nitrogens with zero attached hydrogens (tertiary/aromatic N) is 2. The summed E-state index contributed by atoms with van der Waals surface area (Å²) in [7, 11) is 0. The van der Waals surface area contributed by atoms with E-state index in [1.165, 1.54) is 17.9 Å². The Labute approximate surface area is 224 Å². The minimum Gasteiger partial charge on any atom is -0.507 e. The number of amides is 1. The van der Waals surface area contributed by atoms with E-state index in [-0.39, 0.29) is 17.2 Å². The van der Waals surface area contributed by atoms with Crippen LogP contribution in [0.1, 0.15) is 22.2 Å². The summed E-state index contributed by atoms with van der Waals surface area (Å²) in [4.78, 5) is 30.2. The predicted octanol–water partition coefficient (Wildman–Crippen LogP) is 4.47. The fourth-order valence-electron chi connectivity index (χ4n) is 4.17. The third-order valence-corrected chi connectivity index (χ3v) is 8.46. The zero-order valence-electron chi connectivity index (χ0n) is 20.2. The van der Waals surface area contributed by atoms with Crippen LogP contribution in [-0.4, -0.2) is 78.3 Å². The SMILES string of the molecule is CC(=O)Oc1cccc2cc(C(=O)NCCN3CCN(CCSCc4ccc(Cl)s4)CC3)c(O)cc12. The number of thiophene rings is 1. The maximum Gasteiger partial charge on any atom is 0.308 e. The Morgan fingerprint density at radius 1 is 1.11 bits per heavy atom. The van der Waals surface area contributed by atoms with Crippen molar-refractivity contribution in [3.05, 3.63) is 57.2 Å². The number of hydrogen-bond donors (Lipinski definition) is 2. The lowest BCUT2D eigenvalue weighted by molar-refractivity contribution is -0.131. The van der Waals surface area contributed by atoms with E-state index in [2.05, 4.69) is 21.2 Å². The summed E-state index contributed by atoms with van der Waals surface area (Å²) in [6.07, 6.45) is 0. The van der Waals surface area contributed by atoms with E-state index >= 15 is 0 Å². The van der Waals surface area contributed by atoms with Gasteiger partial charge in [-0.2, -0.15) is 11.8 Å². The number of halogens is 1. The Hall–Kier alpha value is -2.30. The maximum absolute atomic E-state index is 12.7. The molecule has 0 atom stereocenters. The van der Waals surface area contributed by atoms with Crippen molar-refractivity contribution in [3.8, 4) is 11.5 Å². The van der Waals surface area contributed by atoms with Crippen molar-refractivity contribution >= 4 is 57.3 Å². The van der Waals surface area contributed by atoms with Crippen LogP contribution in [0.2, 0.25) is 4.34 Å². The highest BCUT2D eigenvalue weighted by Gasteiger charge is 2.18. The van der Waals surface area contributed by atoms with E-state index in [9.17, 15) is 14.7 Å². The molecule has 36 heavy (non-hydrogen) atoms. The van der Waals surface area contributed by atoms with Crippen molar-refractivity contribution in [1.82, 2.24) is 15.1 Å². The van der Waals surface area contributed by atoms with Crippen LogP contribution in [0.5, 0.6) is 11.5 Å². The number of ether oxygens (including phenoxy) is 1. The lowest BCUT2D eigenvalue weighted by Crippen LogP contribution is -2.48. The minimum absolute atomic E-state index is 0.145. The van der Waals surface area contributed by atoms with Gasteiger partial charge in [-0.1, -0.05) is 23.7 Å². The minimum atomic E-state index is -0.441. The van der Waals surface area contributed by atoms with Crippen LogP contribution in [0.15, 0.2) is 42.5 Å². The molecule has 1 amide bonds. The molecule has 0 saturated carbocycles. The monoisotopic (exact) mass is 547 g/mol. The van der Waals surface area contributed by atoms with Gasteiger partial charge in [-0.05, 0) is 35.7 Å². The molecule has 1 aromatic heterocycles. The molecular weight excluding hydrogens is 518 g/mol. The molecule has 1 fully saturated rings. The molecule has 1 aliphatic rings. The van der Waals surface area contributed by atoms with Crippen LogP contribution in [-0.2, 0) is 10.5 Å². The lowest BCUT2D eigenvalue weighted by Gasteiger charge is -2.34. The van der Waals surface area contributed by atoms with Crippen molar-refractivity contribution in [2.24, 2.45) is 0 Å². The summed E-state index contributed by atoms with van der Waals surface area (Å²) in [5, 5.41) is 14.7. The number of rotatable bonds is 10. The molecule has 7 nitrogen and oxygen atoms in total. The highest BCUT2D eigenvalue weighted by atomic mass is 35.5. The van der Waals surface area contributed by atoms with E-state index in [0.717, 1.165) is 55.1 Å². The van der Waals surface area contributed by atoms with Gasteiger partial charge in [-0.25, -0.2) is 0 Å². The molecule has 3 aromatic rings. The second kappa shape index (κ2) is 12.8. The molecule has 1 saturated heterocycles. The fraction of sp³-hybridized carbons (Fsp3) is 0.385. The third kappa shape index (κ3) is 7.36. The summed E-state index contributed by atoms with van der Waals surface area (Å²) in [5.74, 6) is 1.56. The number of nitrogens with one attached hydrogen (secondary N) is 1. The van der Waals surface area contributed by atoms with E-state index < -0.39 is 5.97 Å². The number of benzene rings is 2. The first-order valence-corrected chi connectivity index (χ1v) is 14.2. The number of phenols is 1. The van der Waals surface area contributed by atoms with Crippen LogP contribution in [0, 0.1) is 0 Å². The highest BCUT2D eigenvalue weighted by Crippen LogP contribution is 2.31. The molecule has 0 aliphatic carbocycles. The summed E-state index contributed by atoms with van der Waals surface area (Å²) in [5.41, 5.74) is 0.203. The number of carbonyl (C=O) groups excluding carboxylic acids is 2. The predicted molar refractivity (Wildman–Crippen MR) is 148 cm³/mol. The van der Waals surface area contributed by atoms with Crippen molar-refractivity contribution in [2.45, 2.75) is 12.7 Å². The van der Waals surface area contributed by atoms with E-state index in [1.54, 1.807) is 29.5 Å². The third-order valence-electron chi connectivity index (χ3n) is 6.06. The highest BCUT2D eigenvalue weighted by molar-refractivity contribution is 7.98. The number of phenolic OH excluding ortho intramolecular Hbond substituents is 1. The van der Waals surface area contributed by atoms with Crippen LogP contribution in [0.4, 0.5) is 0 Å². The van der Waals surface area contributed by atoms with Gasteiger partial charge in [-0.3, -0.25) is 19.4 Å². The van der Waals surface area contributed by atoms with Gasteiger partial charge in [0.15, 0.2) is 0 Å².